The van der Waals surface area contributed by atoms with Crippen LogP contribution in [-0.4, -0.2) is 4.40 Å². The molecule has 0 amide bonds. The van der Waals surface area contributed by atoms with Crippen LogP contribution in [0.25, 0.3) is 55.2 Å². The lowest BCUT2D eigenvalue weighted by molar-refractivity contribution is 0.673. The zero-order valence-electron chi connectivity index (χ0n) is 13.8. The number of para-hydroxylation sites is 2. The topological polar surface area (TPSA) is 17.6 Å². The fourth-order valence-electron chi connectivity index (χ4n) is 4.45. The van der Waals surface area contributed by atoms with E-state index < -0.39 is 0 Å². The fraction of sp³-hybridized carbons (Fsp3) is 0.0435. The minimum atomic E-state index is 0.935. The molecule has 0 atom stereocenters. The highest BCUT2D eigenvalue weighted by Crippen LogP contribution is 2.44. The summed E-state index contributed by atoms with van der Waals surface area (Å²) < 4.78 is 8.65. The molecule has 0 radical (unpaired) electrons. The molecule has 0 saturated carbocycles. The van der Waals surface area contributed by atoms with Crippen molar-refractivity contribution in [1.29, 1.82) is 0 Å². The molecule has 2 heteroatoms. The van der Waals surface area contributed by atoms with Crippen LogP contribution < -0.4 is 0 Å². The molecular weight excluding hydrogens is 306 g/mol. The molecule has 0 aliphatic rings. The van der Waals surface area contributed by atoms with Crippen LogP contribution in [0, 0.1) is 6.92 Å². The maximum Gasteiger partial charge on any atom is 0.145 e. The summed E-state index contributed by atoms with van der Waals surface area (Å²) in [6, 6.07) is 19.2. The monoisotopic (exact) mass is 321 g/mol. The molecule has 0 bridgehead atoms. The molecule has 0 unspecified atom stereocenters. The number of rotatable bonds is 1. The molecule has 3 heterocycles. The molecule has 6 rings (SSSR count). The van der Waals surface area contributed by atoms with Gasteiger partial charge in [-0.3, -0.25) is 0 Å². The molecule has 25 heavy (non-hydrogen) atoms. The summed E-state index contributed by atoms with van der Waals surface area (Å²) in [5.41, 5.74) is 6.75. The summed E-state index contributed by atoms with van der Waals surface area (Å²) in [6.07, 6.45) is 1.96. The molecule has 2 nitrogen and oxygen atoms in total. The average molecular weight is 321 g/mol. The second kappa shape index (κ2) is 4.22. The minimum Gasteiger partial charge on any atom is -0.455 e. The van der Waals surface area contributed by atoms with E-state index in [1.807, 2.05) is 18.2 Å². The summed E-state index contributed by atoms with van der Waals surface area (Å²) in [4.78, 5) is 0. The maximum atomic E-state index is 6.30. The molecule has 118 valence electrons. The van der Waals surface area contributed by atoms with Gasteiger partial charge in [-0.25, -0.2) is 0 Å². The van der Waals surface area contributed by atoms with Crippen LogP contribution in [0.5, 0.6) is 0 Å². The molecule has 0 N–H and O–H groups in total. The van der Waals surface area contributed by atoms with Crippen LogP contribution in [0.15, 0.2) is 65.6 Å². The number of hydrogen-bond donors (Lipinski definition) is 0. The van der Waals surface area contributed by atoms with E-state index >= 15 is 0 Å². The molecule has 6 aromatic rings. The highest BCUT2D eigenvalue weighted by atomic mass is 16.3. The minimum absolute atomic E-state index is 0.935. The lowest BCUT2D eigenvalue weighted by Gasteiger charge is -1.99. The van der Waals surface area contributed by atoms with E-state index in [9.17, 15) is 0 Å². The first-order chi connectivity index (χ1) is 12.3. The van der Waals surface area contributed by atoms with Crippen molar-refractivity contribution in [3.63, 3.8) is 0 Å². The molecule has 0 saturated heterocycles. The smallest absolute Gasteiger partial charge is 0.145 e. The first-order valence-corrected chi connectivity index (χ1v) is 8.51. The number of furan rings is 1. The summed E-state index contributed by atoms with van der Waals surface area (Å²) in [5, 5.41) is 6.08. The second-order valence-electron chi connectivity index (χ2n) is 6.68. The van der Waals surface area contributed by atoms with Crippen LogP contribution >= 0.6 is 0 Å². The number of fused-ring (bicyclic) bond motifs is 7. The van der Waals surface area contributed by atoms with E-state index in [0.29, 0.717) is 0 Å². The summed E-state index contributed by atoms with van der Waals surface area (Å²) >= 11 is 0. The van der Waals surface area contributed by atoms with Crippen molar-refractivity contribution in [2.45, 2.75) is 6.92 Å². The highest BCUT2D eigenvalue weighted by molar-refractivity contribution is 6.27. The van der Waals surface area contributed by atoms with Gasteiger partial charge in [0.2, 0.25) is 0 Å². The van der Waals surface area contributed by atoms with Gasteiger partial charge in [-0.05, 0) is 25.1 Å². The Bertz CT molecular complexity index is 1460. The zero-order valence-corrected chi connectivity index (χ0v) is 13.8. The lowest BCUT2D eigenvalue weighted by atomic mass is 10.0. The maximum absolute atomic E-state index is 6.30. The van der Waals surface area contributed by atoms with Gasteiger partial charge in [-0.2, -0.15) is 0 Å². The van der Waals surface area contributed by atoms with E-state index in [2.05, 4.69) is 60.4 Å². The Labute approximate surface area is 143 Å². The van der Waals surface area contributed by atoms with Gasteiger partial charge in [0, 0.05) is 32.8 Å². The van der Waals surface area contributed by atoms with Crippen LogP contribution in [0.2, 0.25) is 0 Å². The van der Waals surface area contributed by atoms with Crippen molar-refractivity contribution in [2.75, 3.05) is 0 Å². The highest BCUT2D eigenvalue weighted by Gasteiger charge is 2.23. The summed E-state index contributed by atoms with van der Waals surface area (Å²) in [5.74, 6) is 0. The fourth-order valence-corrected chi connectivity index (χ4v) is 4.45. The average Bonchev–Trinajstić information content (AvgIpc) is 3.26. The van der Waals surface area contributed by atoms with Gasteiger partial charge in [0.15, 0.2) is 0 Å². The van der Waals surface area contributed by atoms with Crippen LogP contribution in [0.1, 0.15) is 11.3 Å². The molecule has 0 spiro atoms. The van der Waals surface area contributed by atoms with Gasteiger partial charge in [0.25, 0.3) is 0 Å². The number of benzene rings is 3. The predicted molar refractivity (Wildman–Crippen MR) is 106 cm³/mol. The lowest BCUT2D eigenvalue weighted by Crippen LogP contribution is -1.84. The van der Waals surface area contributed by atoms with Gasteiger partial charge in [-0.1, -0.05) is 49.1 Å². The van der Waals surface area contributed by atoms with Crippen LogP contribution in [-0.2, 0) is 0 Å². The predicted octanol–water partition coefficient (Wildman–Crippen LogP) is 6.53. The third-order valence-corrected chi connectivity index (χ3v) is 5.50. The van der Waals surface area contributed by atoms with Gasteiger partial charge in [0.1, 0.15) is 11.2 Å². The van der Waals surface area contributed by atoms with Crippen molar-refractivity contribution >= 4 is 55.2 Å². The Balaban J connectivity index is 2.07. The normalized spacial score (nSPS) is 12.4. The SMILES string of the molecule is C=Cc1c(C)n2c3ccccc3c3cc4c5ccccc5oc4c1c32. The van der Waals surface area contributed by atoms with Crippen molar-refractivity contribution in [1.82, 2.24) is 4.40 Å². The van der Waals surface area contributed by atoms with E-state index in [0.717, 1.165) is 16.7 Å². The molecular formula is C23H15NO. The van der Waals surface area contributed by atoms with Gasteiger partial charge < -0.3 is 8.82 Å². The number of hydrogen-bond acceptors (Lipinski definition) is 1. The third-order valence-electron chi connectivity index (χ3n) is 5.50. The Morgan fingerprint density at radius 1 is 0.920 bits per heavy atom. The molecule has 3 aromatic carbocycles. The Morgan fingerprint density at radius 2 is 1.68 bits per heavy atom. The first-order valence-electron chi connectivity index (χ1n) is 8.51. The van der Waals surface area contributed by atoms with Crippen molar-refractivity contribution in [2.24, 2.45) is 0 Å². The molecule has 3 aromatic heterocycles. The summed E-state index contributed by atoms with van der Waals surface area (Å²) in [6.45, 7) is 6.23. The summed E-state index contributed by atoms with van der Waals surface area (Å²) in [7, 11) is 0. The third kappa shape index (κ3) is 1.38. The molecule has 0 aliphatic heterocycles. The van der Waals surface area contributed by atoms with Gasteiger partial charge >= 0.3 is 0 Å². The van der Waals surface area contributed by atoms with Crippen LogP contribution in [0.3, 0.4) is 0 Å². The van der Waals surface area contributed by atoms with E-state index in [-0.39, 0.29) is 0 Å². The largest absolute Gasteiger partial charge is 0.455 e. The number of aryl methyl sites for hydroxylation is 1. The zero-order chi connectivity index (χ0) is 16.7. The molecule has 0 aliphatic carbocycles. The standard InChI is InChI=1S/C23H15NO/c1-3-14-13(2)24-19-10-6-4-8-15(19)17-12-18-16-9-5-7-11-20(16)25-23(18)21(14)22(17)24/h3-12H,1H2,2H3. The van der Waals surface area contributed by atoms with Crippen molar-refractivity contribution < 1.29 is 4.42 Å². The molecule has 0 fully saturated rings. The second-order valence-corrected chi connectivity index (χ2v) is 6.68. The van der Waals surface area contributed by atoms with E-state index in [4.69, 9.17) is 4.42 Å². The number of nitrogens with zero attached hydrogens (tertiary/aromatic N) is 1. The number of aromatic nitrogens is 1. The Hall–Kier alpha value is -3.26. The van der Waals surface area contributed by atoms with Gasteiger partial charge in [0.05, 0.1) is 16.4 Å². The van der Waals surface area contributed by atoms with Crippen molar-refractivity contribution in [3.05, 3.63) is 72.4 Å². The first kappa shape index (κ1) is 13.1. The Morgan fingerprint density at radius 3 is 2.52 bits per heavy atom. The van der Waals surface area contributed by atoms with Crippen LogP contribution in [0.4, 0.5) is 0 Å². The van der Waals surface area contributed by atoms with Gasteiger partial charge in [-0.15, -0.1) is 0 Å². The Kier molecular flexibility index (Phi) is 2.21. The van der Waals surface area contributed by atoms with Crippen molar-refractivity contribution in [3.8, 4) is 0 Å². The van der Waals surface area contributed by atoms with E-state index in [1.165, 1.54) is 43.7 Å². The van der Waals surface area contributed by atoms with E-state index in [1.54, 1.807) is 0 Å². The quantitative estimate of drug-likeness (QED) is 0.336.